The standard InChI is InChI=1S/C13H18O/c1-9-7-11-10(8-12(9)14-4)5-6-13(11,2)3/h7-8H,5-6H2,1-4H3. The largest absolute Gasteiger partial charge is 0.496 e. The van der Waals surface area contributed by atoms with Crippen molar-refractivity contribution in [2.75, 3.05) is 7.11 Å². The van der Waals surface area contributed by atoms with E-state index in [0.29, 0.717) is 5.41 Å². The Balaban J connectivity index is 2.55. The molecule has 0 spiro atoms. The van der Waals surface area contributed by atoms with Gasteiger partial charge in [0.25, 0.3) is 0 Å². The molecule has 0 aromatic heterocycles. The summed E-state index contributed by atoms with van der Waals surface area (Å²) in [5.74, 6) is 1.03. The number of ether oxygens (including phenoxy) is 1. The van der Waals surface area contributed by atoms with Gasteiger partial charge in [-0.25, -0.2) is 0 Å². The predicted octanol–water partition coefficient (Wildman–Crippen LogP) is 3.23. The number of hydrogen-bond acceptors (Lipinski definition) is 1. The fourth-order valence-corrected chi connectivity index (χ4v) is 2.37. The molecule has 0 unspecified atom stereocenters. The van der Waals surface area contributed by atoms with E-state index in [9.17, 15) is 0 Å². The van der Waals surface area contributed by atoms with E-state index in [2.05, 4.69) is 32.9 Å². The molecule has 76 valence electrons. The number of hydrogen-bond donors (Lipinski definition) is 0. The third-order valence-corrected chi connectivity index (χ3v) is 3.37. The Bertz CT molecular complexity index is 364. The van der Waals surface area contributed by atoms with Crippen LogP contribution >= 0.6 is 0 Å². The fourth-order valence-electron chi connectivity index (χ4n) is 2.37. The van der Waals surface area contributed by atoms with Gasteiger partial charge in [-0.1, -0.05) is 19.9 Å². The second-order valence-electron chi connectivity index (χ2n) is 4.86. The van der Waals surface area contributed by atoms with Crippen molar-refractivity contribution in [3.05, 3.63) is 28.8 Å². The van der Waals surface area contributed by atoms with Crippen molar-refractivity contribution in [3.63, 3.8) is 0 Å². The molecular formula is C13H18O. The van der Waals surface area contributed by atoms with Crippen LogP contribution < -0.4 is 4.74 Å². The van der Waals surface area contributed by atoms with E-state index in [-0.39, 0.29) is 0 Å². The molecule has 2 rings (SSSR count). The summed E-state index contributed by atoms with van der Waals surface area (Å²) in [6.07, 6.45) is 2.45. The molecule has 0 saturated heterocycles. The average Bonchev–Trinajstić information content (AvgIpc) is 2.42. The van der Waals surface area contributed by atoms with Crippen LogP contribution in [0.2, 0.25) is 0 Å². The van der Waals surface area contributed by atoms with Crippen LogP contribution in [0, 0.1) is 6.92 Å². The second-order valence-corrected chi connectivity index (χ2v) is 4.86. The minimum atomic E-state index is 0.354. The lowest BCUT2D eigenvalue weighted by molar-refractivity contribution is 0.411. The maximum absolute atomic E-state index is 5.34. The first-order valence-electron chi connectivity index (χ1n) is 5.22. The van der Waals surface area contributed by atoms with Gasteiger partial charge < -0.3 is 4.74 Å². The van der Waals surface area contributed by atoms with Crippen LogP contribution in [-0.4, -0.2) is 7.11 Å². The number of rotatable bonds is 1. The van der Waals surface area contributed by atoms with Gasteiger partial charge in [-0.05, 0) is 47.9 Å². The van der Waals surface area contributed by atoms with Gasteiger partial charge >= 0.3 is 0 Å². The highest BCUT2D eigenvalue weighted by molar-refractivity contribution is 5.47. The predicted molar refractivity (Wildman–Crippen MR) is 59.1 cm³/mol. The van der Waals surface area contributed by atoms with Crippen molar-refractivity contribution in [2.45, 2.75) is 39.0 Å². The van der Waals surface area contributed by atoms with Gasteiger partial charge in [0.1, 0.15) is 5.75 Å². The maximum atomic E-state index is 5.34. The Morgan fingerprint density at radius 2 is 2.00 bits per heavy atom. The lowest BCUT2D eigenvalue weighted by Crippen LogP contribution is -2.11. The van der Waals surface area contributed by atoms with Gasteiger partial charge in [-0.2, -0.15) is 0 Å². The molecule has 1 nitrogen and oxygen atoms in total. The zero-order valence-electron chi connectivity index (χ0n) is 9.48. The molecule has 0 bridgehead atoms. The Hall–Kier alpha value is -0.980. The quantitative estimate of drug-likeness (QED) is 0.660. The molecule has 14 heavy (non-hydrogen) atoms. The monoisotopic (exact) mass is 190 g/mol. The first-order valence-corrected chi connectivity index (χ1v) is 5.22. The number of fused-ring (bicyclic) bond motifs is 1. The van der Waals surface area contributed by atoms with E-state index in [4.69, 9.17) is 4.74 Å². The van der Waals surface area contributed by atoms with Crippen LogP contribution in [0.1, 0.15) is 37.0 Å². The van der Waals surface area contributed by atoms with Crippen LogP contribution in [0.5, 0.6) is 5.75 Å². The molecule has 1 heteroatoms. The van der Waals surface area contributed by atoms with E-state index >= 15 is 0 Å². The smallest absolute Gasteiger partial charge is 0.122 e. The fraction of sp³-hybridized carbons (Fsp3) is 0.538. The Kier molecular flexibility index (Phi) is 2.06. The Labute approximate surface area is 86.1 Å². The molecule has 0 N–H and O–H groups in total. The summed E-state index contributed by atoms with van der Waals surface area (Å²) >= 11 is 0. The Morgan fingerprint density at radius 1 is 1.29 bits per heavy atom. The Morgan fingerprint density at radius 3 is 2.64 bits per heavy atom. The van der Waals surface area contributed by atoms with Crippen molar-refractivity contribution in [1.29, 1.82) is 0 Å². The van der Waals surface area contributed by atoms with Crippen LogP contribution in [0.3, 0.4) is 0 Å². The van der Waals surface area contributed by atoms with Gasteiger partial charge in [0.2, 0.25) is 0 Å². The first-order chi connectivity index (χ1) is 6.54. The minimum Gasteiger partial charge on any atom is -0.496 e. The van der Waals surface area contributed by atoms with Crippen LogP contribution in [0.4, 0.5) is 0 Å². The highest BCUT2D eigenvalue weighted by atomic mass is 16.5. The third-order valence-electron chi connectivity index (χ3n) is 3.37. The highest BCUT2D eigenvalue weighted by Gasteiger charge is 2.30. The van der Waals surface area contributed by atoms with Crippen molar-refractivity contribution < 1.29 is 4.74 Å². The van der Waals surface area contributed by atoms with Crippen molar-refractivity contribution in [1.82, 2.24) is 0 Å². The van der Waals surface area contributed by atoms with Gasteiger partial charge in [0, 0.05) is 0 Å². The van der Waals surface area contributed by atoms with E-state index < -0.39 is 0 Å². The normalized spacial score (nSPS) is 18.0. The third kappa shape index (κ3) is 1.31. The lowest BCUT2D eigenvalue weighted by atomic mass is 9.86. The van der Waals surface area contributed by atoms with E-state index in [1.807, 2.05) is 0 Å². The molecular weight excluding hydrogens is 172 g/mol. The molecule has 1 aliphatic rings. The zero-order chi connectivity index (χ0) is 10.3. The molecule has 0 saturated carbocycles. The van der Waals surface area contributed by atoms with Crippen molar-refractivity contribution in [3.8, 4) is 5.75 Å². The minimum absolute atomic E-state index is 0.354. The van der Waals surface area contributed by atoms with Crippen molar-refractivity contribution in [2.24, 2.45) is 0 Å². The molecule has 0 aliphatic heterocycles. The number of methoxy groups -OCH3 is 1. The SMILES string of the molecule is COc1cc2c(cc1C)C(C)(C)CC2. The topological polar surface area (TPSA) is 9.23 Å². The summed E-state index contributed by atoms with van der Waals surface area (Å²) in [6.45, 7) is 6.77. The summed E-state index contributed by atoms with van der Waals surface area (Å²) in [5.41, 5.74) is 4.58. The molecule has 1 aromatic carbocycles. The molecule has 0 atom stereocenters. The molecule has 0 amide bonds. The number of benzene rings is 1. The molecule has 1 aromatic rings. The highest BCUT2D eigenvalue weighted by Crippen LogP contribution is 2.40. The second kappa shape index (κ2) is 3.01. The van der Waals surface area contributed by atoms with Crippen LogP contribution in [0.25, 0.3) is 0 Å². The van der Waals surface area contributed by atoms with Crippen LogP contribution in [0.15, 0.2) is 12.1 Å². The summed E-state index contributed by atoms with van der Waals surface area (Å²) in [5, 5.41) is 0. The van der Waals surface area contributed by atoms with E-state index in [1.54, 1.807) is 7.11 Å². The summed E-state index contributed by atoms with van der Waals surface area (Å²) in [6, 6.07) is 4.50. The summed E-state index contributed by atoms with van der Waals surface area (Å²) in [4.78, 5) is 0. The van der Waals surface area contributed by atoms with E-state index in [0.717, 1.165) is 5.75 Å². The lowest BCUT2D eigenvalue weighted by Gasteiger charge is -2.19. The van der Waals surface area contributed by atoms with Crippen LogP contribution in [-0.2, 0) is 11.8 Å². The van der Waals surface area contributed by atoms with Gasteiger partial charge in [0.05, 0.1) is 7.11 Å². The maximum Gasteiger partial charge on any atom is 0.122 e. The summed E-state index contributed by atoms with van der Waals surface area (Å²) < 4.78 is 5.34. The zero-order valence-corrected chi connectivity index (χ0v) is 9.48. The molecule has 1 aliphatic carbocycles. The number of aryl methyl sites for hydroxylation is 2. The van der Waals surface area contributed by atoms with Crippen molar-refractivity contribution >= 4 is 0 Å². The molecule has 0 fully saturated rings. The first kappa shape index (κ1) is 9.57. The molecule has 0 radical (unpaired) electrons. The van der Waals surface area contributed by atoms with Gasteiger partial charge in [-0.15, -0.1) is 0 Å². The van der Waals surface area contributed by atoms with E-state index in [1.165, 1.54) is 29.5 Å². The van der Waals surface area contributed by atoms with Gasteiger partial charge in [0.15, 0.2) is 0 Å². The summed E-state index contributed by atoms with van der Waals surface area (Å²) in [7, 11) is 1.74. The van der Waals surface area contributed by atoms with Gasteiger partial charge in [-0.3, -0.25) is 0 Å². The molecule has 0 heterocycles. The average molecular weight is 190 g/mol.